The minimum absolute atomic E-state index is 0.130. The minimum Gasteiger partial charge on any atom is -0.329 e. The van der Waals surface area contributed by atoms with E-state index in [4.69, 9.17) is 5.73 Å². The van der Waals surface area contributed by atoms with Crippen LogP contribution in [0.15, 0.2) is 59.8 Å². The van der Waals surface area contributed by atoms with Crippen LogP contribution in [0.4, 0.5) is 5.69 Å². The Hall–Kier alpha value is -2.53. The van der Waals surface area contributed by atoms with Crippen LogP contribution in [0.25, 0.3) is 21.9 Å². The third-order valence-electron chi connectivity index (χ3n) is 3.96. The zero-order valence-electron chi connectivity index (χ0n) is 15.1. The van der Waals surface area contributed by atoms with Crippen molar-refractivity contribution in [3.63, 3.8) is 0 Å². The van der Waals surface area contributed by atoms with Gasteiger partial charge in [0.05, 0.1) is 11.2 Å². The maximum Gasteiger partial charge on any atom is 0.241 e. The van der Waals surface area contributed by atoms with Crippen molar-refractivity contribution < 1.29 is 16.8 Å². The summed E-state index contributed by atoms with van der Waals surface area (Å²) in [4.78, 5) is 4.21. The maximum atomic E-state index is 12.7. The molecule has 148 valence electrons. The largest absolute Gasteiger partial charge is 0.329 e. The summed E-state index contributed by atoms with van der Waals surface area (Å²) in [5.41, 5.74) is 7.24. The van der Waals surface area contributed by atoms with Gasteiger partial charge in [-0.3, -0.25) is 9.71 Å². The molecule has 1 aromatic heterocycles. The number of benzene rings is 2. The topological polar surface area (TPSA) is 131 Å². The summed E-state index contributed by atoms with van der Waals surface area (Å²) in [6.45, 7) is 0.318. The predicted octanol–water partition coefficient (Wildman–Crippen LogP) is 1.51. The molecule has 0 amide bonds. The summed E-state index contributed by atoms with van der Waals surface area (Å²) in [7, 11) is -7.14. The first-order valence-corrected chi connectivity index (χ1v) is 11.7. The number of rotatable bonds is 7. The van der Waals surface area contributed by atoms with E-state index in [2.05, 4.69) is 14.4 Å². The molecule has 0 aliphatic carbocycles. The second-order valence-corrected chi connectivity index (χ2v) is 9.69. The first-order valence-electron chi connectivity index (χ1n) is 8.35. The van der Waals surface area contributed by atoms with Crippen molar-refractivity contribution in [2.24, 2.45) is 5.73 Å². The molecule has 3 aromatic rings. The van der Waals surface area contributed by atoms with Gasteiger partial charge in [0.25, 0.3) is 0 Å². The van der Waals surface area contributed by atoms with E-state index in [1.165, 1.54) is 6.20 Å². The van der Waals surface area contributed by atoms with Gasteiger partial charge in [-0.15, -0.1) is 0 Å². The van der Waals surface area contributed by atoms with Crippen molar-refractivity contribution in [1.82, 2.24) is 9.71 Å². The Labute approximate surface area is 163 Å². The van der Waals surface area contributed by atoms with E-state index in [0.717, 1.165) is 11.8 Å². The minimum atomic E-state index is -3.76. The van der Waals surface area contributed by atoms with Crippen molar-refractivity contribution in [2.75, 3.05) is 24.1 Å². The monoisotopic (exact) mass is 420 g/mol. The molecule has 0 spiro atoms. The van der Waals surface area contributed by atoms with Gasteiger partial charge in [0.15, 0.2) is 0 Å². The fraction of sp³-hybridized carbons (Fsp3) is 0.167. The van der Waals surface area contributed by atoms with E-state index >= 15 is 0 Å². The molecule has 4 N–H and O–H groups in total. The number of anilines is 1. The number of hydrogen-bond acceptors (Lipinski definition) is 6. The molecule has 0 saturated carbocycles. The molecule has 0 aliphatic rings. The number of nitrogens with two attached hydrogens (primary N) is 1. The molecule has 2 aromatic carbocycles. The fourth-order valence-electron chi connectivity index (χ4n) is 2.78. The highest BCUT2D eigenvalue weighted by molar-refractivity contribution is 7.92. The van der Waals surface area contributed by atoms with Crippen molar-refractivity contribution in [3.8, 4) is 11.1 Å². The summed E-state index contributed by atoms with van der Waals surface area (Å²) in [5, 5.41) is 1.23. The summed E-state index contributed by atoms with van der Waals surface area (Å²) in [6.07, 6.45) is 4.21. The summed E-state index contributed by atoms with van der Waals surface area (Å²) in [6, 6.07) is 11.7. The van der Waals surface area contributed by atoms with Crippen LogP contribution in [0.1, 0.15) is 0 Å². The van der Waals surface area contributed by atoms with Crippen molar-refractivity contribution >= 4 is 36.5 Å². The quantitative estimate of drug-likeness (QED) is 0.531. The van der Waals surface area contributed by atoms with Crippen LogP contribution in [0.2, 0.25) is 0 Å². The second kappa shape index (κ2) is 7.84. The molecular formula is C18H20N4O4S2. The van der Waals surface area contributed by atoms with Gasteiger partial charge in [-0.05, 0) is 41.5 Å². The average Bonchev–Trinajstić information content (AvgIpc) is 2.65. The zero-order chi connectivity index (χ0) is 20.4. The van der Waals surface area contributed by atoms with Crippen molar-refractivity contribution in [2.45, 2.75) is 4.90 Å². The Kier molecular flexibility index (Phi) is 5.66. The van der Waals surface area contributed by atoms with Crippen LogP contribution in [0, 0.1) is 0 Å². The summed E-state index contributed by atoms with van der Waals surface area (Å²) < 4.78 is 53.0. The summed E-state index contributed by atoms with van der Waals surface area (Å²) >= 11 is 0. The van der Waals surface area contributed by atoms with Gasteiger partial charge in [-0.25, -0.2) is 21.6 Å². The highest BCUT2D eigenvalue weighted by Gasteiger charge is 2.18. The van der Waals surface area contributed by atoms with E-state index in [-0.39, 0.29) is 18.0 Å². The van der Waals surface area contributed by atoms with Gasteiger partial charge < -0.3 is 5.73 Å². The average molecular weight is 421 g/mol. The van der Waals surface area contributed by atoms with Crippen LogP contribution in [0.5, 0.6) is 0 Å². The zero-order valence-corrected chi connectivity index (χ0v) is 16.7. The molecule has 10 heteroatoms. The highest BCUT2D eigenvalue weighted by Crippen LogP contribution is 2.30. The van der Waals surface area contributed by atoms with Crippen LogP contribution < -0.4 is 15.2 Å². The standard InChI is InChI=1S/C18H20N4O4S2/c1-27(23,24)22-16-4-2-13(3-5-16)14-10-15-12-20-8-6-17(15)18(11-14)28(25,26)21-9-7-19/h2-6,8,10-12,21-22H,7,9,19H2,1H3. The molecule has 0 bridgehead atoms. The lowest BCUT2D eigenvalue weighted by atomic mass is 10.0. The SMILES string of the molecule is CS(=O)(=O)Nc1ccc(-c2cc(S(=O)(=O)NCCN)c3ccncc3c2)cc1. The van der Waals surface area contributed by atoms with Crippen molar-refractivity contribution in [1.29, 1.82) is 0 Å². The number of fused-ring (bicyclic) bond motifs is 1. The Balaban J connectivity index is 2.10. The Morgan fingerprint density at radius 3 is 2.36 bits per heavy atom. The molecule has 3 rings (SSSR count). The molecule has 8 nitrogen and oxygen atoms in total. The number of aromatic nitrogens is 1. The maximum absolute atomic E-state index is 12.7. The molecular weight excluding hydrogens is 400 g/mol. The third kappa shape index (κ3) is 4.65. The molecule has 0 fully saturated rings. The molecule has 0 unspecified atom stereocenters. The Morgan fingerprint density at radius 1 is 1.00 bits per heavy atom. The van der Waals surface area contributed by atoms with Crippen LogP contribution in [-0.2, 0) is 20.0 Å². The Morgan fingerprint density at radius 2 is 1.71 bits per heavy atom. The van der Waals surface area contributed by atoms with Gasteiger partial charge in [0.2, 0.25) is 20.0 Å². The lowest BCUT2D eigenvalue weighted by molar-refractivity contribution is 0.583. The van der Waals surface area contributed by atoms with Crippen LogP contribution in [-0.4, -0.2) is 41.2 Å². The Bertz CT molecular complexity index is 1210. The number of nitrogens with zero attached hydrogens (tertiary/aromatic N) is 1. The lowest BCUT2D eigenvalue weighted by Gasteiger charge is -2.12. The van der Waals surface area contributed by atoms with Gasteiger partial charge in [-0.2, -0.15) is 0 Å². The molecule has 0 atom stereocenters. The van der Waals surface area contributed by atoms with E-state index in [9.17, 15) is 16.8 Å². The molecule has 0 radical (unpaired) electrons. The van der Waals surface area contributed by atoms with Crippen molar-refractivity contribution in [3.05, 3.63) is 54.9 Å². The molecule has 0 aliphatic heterocycles. The fourth-order valence-corrected chi connectivity index (χ4v) is 4.64. The van der Waals surface area contributed by atoms with Gasteiger partial charge in [0.1, 0.15) is 0 Å². The first-order chi connectivity index (χ1) is 13.2. The van der Waals surface area contributed by atoms with Gasteiger partial charge in [0, 0.05) is 41.9 Å². The predicted molar refractivity (Wildman–Crippen MR) is 110 cm³/mol. The van der Waals surface area contributed by atoms with E-state index in [1.807, 2.05) is 6.07 Å². The molecule has 1 heterocycles. The van der Waals surface area contributed by atoms with Gasteiger partial charge >= 0.3 is 0 Å². The number of sulfonamides is 2. The lowest BCUT2D eigenvalue weighted by Crippen LogP contribution is -2.29. The van der Waals surface area contributed by atoms with Crippen LogP contribution >= 0.6 is 0 Å². The number of hydrogen-bond donors (Lipinski definition) is 3. The van der Waals surface area contributed by atoms with E-state index < -0.39 is 20.0 Å². The van der Waals surface area contributed by atoms with Gasteiger partial charge in [-0.1, -0.05) is 12.1 Å². The first kappa shape index (κ1) is 20.2. The van der Waals surface area contributed by atoms with Crippen LogP contribution in [0.3, 0.4) is 0 Å². The third-order valence-corrected chi connectivity index (χ3v) is 6.07. The highest BCUT2D eigenvalue weighted by atomic mass is 32.2. The van der Waals surface area contributed by atoms with E-state index in [1.54, 1.807) is 42.6 Å². The number of nitrogens with one attached hydrogen (secondary N) is 2. The van der Waals surface area contributed by atoms with E-state index in [0.29, 0.717) is 22.0 Å². The summed E-state index contributed by atoms with van der Waals surface area (Å²) in [5.74, 6) is 0. The normalized spacial score (nSPS) is 12.2. The second-order valence-electron chi connectivity index (χ2n) is 6.21. The molecule has 28 heavy (non-hydrogen) atoms. The smallest absolute Gasteiger partial charge is 0.241 e. The number of pyridine rings is 1. The molecule has 0 saturated heterocycles.